The molecule has 1 atom stereocenters. The van der Waals surface area contributed by atoms with Gasteiger partial charge in [-0.1, -0.05) is 30.7 Å². The van der Waals surface area contributed by atoms with Crippen LogP contribution < -0.4 is 10.1 Å². The van der Waals surface area contributed by atoms with Gasteiger partial charge in [0.1, 0.15) is 17.3 Å². The molecule has 32 heavy (non-hydrogen) atoms. The summed E-state index contributed by atoms with van der Waals surface area (Å²) in [6.07, 6.45) is 1.25. The first-order chi connectivity index (χ1) is 15.6. The van der Waals surface area contributed by atoms with Crippen molar-refractivity contribution in [2.24, 2.45) is 4.99 Å². The molecule has 0 bridgehead atoms. The average molecular weight is 457 g/mol. The van der Waals surface area contributed by atoms with Crippen LogP contribution in [-0.4, -0.2) is 72.0 Å². The molecule has 1 saturated heterocycles. The summed E-state index contributed by atoms with van der Waals surface area (Å²) < 4.78 is 6.16. The molecule has 0 saturated carbocycles. The van der Waals surface area contributed by atoms with Gasteiger partial charge in [-0.3, -0.25) is 4.79 Å². The number of fused-ring (bicyclic) bond motifs is 2. The van der Waals surface area contributed by atoms with Crippen LogP contribution in [0.25, 0.3) is 0 Å². The van der Waals surface area contributed by atoms with Crippen molar-refractivity contribution in [1.29, 1.82) is 0 Å². The largest absolute Gasteiger partial charge is 0.454 e. The van der Waals surface area contributed by atoms with Crippen molar-refractivity contribution in [3.05, 3.63) is 53.1 Å². The maximum absolute atomic E-state index is 12.8. The Kier molecular flexibility index (Phi) is 7.29. The van der Waals surface area contributed by atoms with E-state index in [1.165, 1.54) is 0 Å². The number of rotatable bonds is 6. The lowest BCUT2D eigenvalue weighted by molar-refractivity contribution is -0.132. The van der Waals surface area contributed by atoms with E-state index in [2.05, 4.69) is 10.2 Å². The average Bonchev–Trinajstić information content (AvgIpc) is 2.95. The highest BCUT2D eigenvalue weighted by atomic mass is 35.5. The number of benzene rings is 2. The van der Waals surface area contributed by atoms with E-state index in [1.54, 1.807) is 11.0 Å². The number of amidine groups is 1. The number of carbonyl (C=O) groups is 1. The maximum atomic E-state index is 12.8. The Hall–Kier alpha value is -2.61. The quantitative estimate of drug-likeness (QED) is 0.696. The van der Waals surface area contributed by atoms with E-state index >= 15 is 0 Å². The minimum absolute atomic E-state index is 0.00726. The molecular formula is C24H29ClN4O3. The smallest absolute Gasteiger partial charge is 0.224 e. The number of carbonyl (C=O) groups excluding carboxylic acids is 1. The van der Waals surface area contributed by atoms with Crippen LogP contribution in [0.4, 0.5) is 5.69 Å². The minimum atomic E-state index is -0.0223. The summed E-state index contributed by atoms with van der Waals surface area (Å²) in [4.78, 5) is 21.7. The van der Waals surface area contributed by atoms with Crippen LogP contribution in [0, 0.1) is 0 Å². The number of aliphatic imine (C=N–C) groups is 1. The number of amides is 1. The molecular weight excluding hydrogens is 428 g/mol. The maximum Gasteiger partial charge on any atom is 0.224 e. The molecule has 0 spiro atoms. The topological polar surface area (TPSA) is 77.4 Å². The molecule has 2 heterocycles. The Morgan fingerprint density at radius 3 is 2.94 bits per heavy atom. The standard InChI is InChI=1S/C24H29ClN4O3/c1-2-10-28(12-13-30)23(31)15-18-16-29(11-9-26-18)24-19-5-3-4-6-21(19)32-22-8-7-17(25)14-20(22)27-24/h3-8,14,18,26,30H,2,9-13,15-16H2,1H3. The number of ether oxygens (including phenoxy) is 1. The second kappa shape index (κ2) is 10.3. The van der Waals surface area contributed by atoms with E-state index in [4.69, 9.17) is 21.3 Å². The number of hydrogen-bond donors (Lipinski definition) is 2. The lowest BCUT2D eigenvalue weighted by Gasteiger charge is -2.36. The number of hydrogen-bond acceptors (Lipinski definition) is 6. The van der Waals surface area contributed by atoms with Crippen molar-refractivity contribution >= 4 is 29.0 Å². The second-order valence-corrected chi connectivity index (χ2v) is 8.49. The fourth-order valence-electron chi connectivity index (χ4n) is 4.18. The lowest BCUT2D eigenvalue weighted by atomic mass is 10.1. The van der Waals surface area contributed by atoms with Gasteiger partial charge in [-0.05, 0) is 36.8 Å². The fourth-order valence-corrected chi connectivity index (χ4v) is 4.35. The summed E-state index contributed by atoms with van der Waals surface area (Å²) in [6.45, 7) is 5.20. The normalized spacial score (nSPS) is 17.5. The van der Waals surface area contributed by atoms with E-state index in [0.717, 1.165) is 36.7 Å². The van der Waals surface area contributed by atoms with Crippen LogP contribution in [0.5, 0.6) is 11.5 Å². The molecule has 1 unspecified atom stereocenters. The zero-order valence-corrected chi connectivity index (χ0v) is 19.0. The molecule has 170 valence electrons. The van der Waals surface area contributed by atoms with Gasteiger partial charge in [0.25, 0.3) is 0 Å². The van der Waals surface area contributed by atoms with Gasteiger partial charge in [0, 0.05) is 50.2 Å². The van der Waals surface area contributed by atoms with E-state index in [1.807, 2.05) is 43.3 Å². The molecule has 2 aromatic carbocycles. The molecule has 1 fully saturated rings. The van der Waals surface area contributed by atoms with Crippen molar-refractivity contribution in [1.82, 2.24) is 15.1 Å². The van der Waals surface area contributed by atoms with Crippen molar-refractivity contribution < 1.29 is 14.6 Å². The molecule has 4 rings (SSSR count). The first-order valence-corrected chi connectivity index (χ1v) is 11.5. The van der Waals surface area contributed by atoms with Crippen molar-refractivity contribution in [2.75, 3.05) is 39.3 Å². The highest BCUT2D eigenvalue weighted by Gasteiger charge is 2.29. The monoisotopic (exact) mass is 456 g/mol. The third-order valence-corrected chi connectivity index (χ3v) is 5.92. The van der Waals surface area contributed by atoms with Gasteiger partial charge in [-0.25, -0.2) is 4.99 Å². The third-order valence-electron chi connectivity index (χ3n) is 5.69. The first kappa shape index (κ1) is 22.6. The predicted octanol–water partition coefficient (Wildman–Crippen LogP) is 3.42. The highest BCUT2D eigenvalue weighted by Crippen LogP contribution is 2.39. The van der Waals surface area contributed by atoms with Crippen LogP contribution in [-0.2, 0) is 4.79 Å². The van der Waals surface area contributed by atoms with Gasteiger partial charge in [0.15, 0.2) is 5.75 Å². The number of piperazine rings is 1. The van der Waals surface area contributed by atoms with Crippen LogP contribution in [0.2, 0.25) is 5.02 Å². The Labute approximate surface area is 193 Å². The van der Waals surface area contributed by atoms with E-state index in [-0.39, 0.29) is 18.6 Å². The molecule has 2 aromatic rings. The van der Waals surface area contributed by atoms with Crippen LogP contribution in [0.15, 0.2) is 47.5 Å². The van der Waals surface area contributed by atoms with E-state index in [0.29, 0.717) is 42.5 Å². The molecule has 2 N–H and O–H groups in total. The number of aliphatic hydroxyl groups excluding tert-OH is 1. The molecule has 0 radical (unpaired) electrons. The molecule has 2 aliphatic heterocycles. The van der Waals surface area contributed by atoms with Crippen LogP contribution in [0.3, 0.4) is 0 Å². The first-order valence-electron chi connectivity index (χ1n) is 11.1. The molecule has 0 aromatic heterocycles. The molecule has 1 amide bonds. The minimum Gasteiger partial charge on any atom is -0.454 e. The Morgan fingerprint density at radius 2 is 2.12 bits per heavy atom. The summed E-state index contributed by atoms with van der Waals surface area (Å²) in [5.74, 6) is 2.29. The number of nitrogens with one attached hydrogen (secondary N) is 1. The van der Waals surface area contributed by atoms with Gasteiger partial charge in [-0.2, -0.15) is 0 Å². The van der Waals surface area contributed by atoms with Gasteiger partial charge < -0.3 is 25.0 Å². The Morgan fingerprint density at radius 1 is 1.28 bits per heavy atom. The van der Waals surface area contributed by atoms with Gasteiger partial charge in [-0.15, -0.1) is 0 Å². The van der Waals surface area contributed by atoms with Gasteiger partial charge in [0.05, 0.1) is 12.2 Å². The molecule has 8 heteroatoms. The van der Waals surface area contributed by atoms with Crippen molar-refractivity contribution in [3.63, 3.8) is 0 Å². The summed E-state index contributed by atoms with van der Waals surface area (Å²) in [5, 5.41) is 13.4. The Balaban J connectivity index is 1.58. The summed E-state index contributed by atoms with van der Waals surface area (Å²) in [5.41, 5.74) is 1.60. The van der Waals surface area contributed by atoms with Crippen LogP contribution >= 0.6 is 11.6 Å². The lowest BCUT2D eigenvalue weighted by Crippen LogP contribution is -2.54. The zero-order valence-electron chi connectivity index (χ0n) is 18.3. The zero-order chi connectivity index (χ0) is 22.5. The van der Waals surface area contributed by atoms with Gasteiger partial charge >= 0.3 is 0 Å². The highest BCUT2D eigenvalue weighted by molar-refractivity contribution is 6.31. The summed E-state index contributed by atoms with van der Waals surface area (Å²) >= 11 is 6.23. The number of nitrogens with zero attached hydrogens (tertiary/aromatic N) is 3. The SMILES string of the molecule is CCCN(CCO)C(=O)CC1CN(C2=Nc3cc(Cl)ccc3Oc3ccccc32)CCN1. The molecule has 7 nitrogen and oxygen atoms in total. The van der Waals surface area contributed by atoms with Crippen LogP contribution in [0.1, 0.15) is 25.3 Å². The summed E-state index contributed by atoms with van der Waals surface area (Å²) in [7, 11) is 0. The fraction of sp³-hybridized carbons (Fsp3) is 0.417. The summed E-state index contributed by atoms with van der Waals surface area (Å²) in [6, 6.07) is 13.3. The second-order valence-electron chi connectivity index (χ2n) is 8.05. The van der Waals surface area contributed by atoms with E-state index < -0.39 is 0 Å². The number of para-hydroxylation sites is 1. The Bertz CT molecular complexity index is 991. The number of aliphatic hydroxyl groups is 1. The van der Waals surface area contributed by atoms with Crippen molar-refractivity contribution in [3.8, 4) is 11.5 Å². The van der Waals surface area contributed by atoms with Gasteiger partial charge in [0.2, 0.25) is 5.91 Å². The predicted molar refractivity (Wildman–Crippen MR) is 126 cm³/mol. The number of halogens is 1. The molecule has 2 aliphatic rings. The van der Waals surface area contributed by atoms with E-state index in [9.17, 15) is 9.90 Å². The van der Waals surface area contributed by atoms with Crippen molar-refractivity contribution in [2.45, 2.75) is 25.8 Å². The molecule has 0 aliphatic carbocycles. The third kappa shape index (κ3) is 5.06.